The maximum absolute atomic E-state index is 14.5. The Labute approximate surface area is 302 Å². The molecule has 5 heterocycles. The van der Waals surface area contributed by atoms with Crippen molar-refractivity contribution in [1.82, 2.24) is 36.2 Å². The van der Waals surface area contributed by atoms with Gasteiger partial charge < -0.3 is 31.3 Å². The number of nitrogens with zero attached hydrogens (tertiary/aromatic N) is 3. The van der Waals surface area contributed by atoms with E-state index in [0.29, 0.717) is 67.3 Å². The molecule has 0 aliphatic carbocycles. The van der Waals surface area contributed by atoms with Crippen LogP contribution < -0.4 is 31.3 Å². The summed E-state index contributed by atoms with van der Waals surface area (Å²) in [6, 6.07) is 11.5. The molecule has 2 atom stereocenters. The molecule has 16 heteroatoms. The summed E-state index contributed by atoms with van der Waals surface area (Å²) in [6.45, 7) is 1.33. The molecule has 51 heavy (non-hydrogen) atoms. The summed E-state index contributed by atoms with van der Waals surface area (Å²) in [4.78, 5) is 36.1. The number of anilines is 2. The maximum atomic E-state index is 14.5. The molecule has 0 saturated carbocycles. The third kappa shape index (κ3) is 8.52. The number of methoxy groups -OCH3 is 1. The van der Waals surface area contributed by atoms with Gasteiger partial charge in [-0.3, -0.25) is 14.6 Å². The summed E-state index contributed by atoms with van der Waals surface area (Å²) in [5, 5.41) is 15.2. The summed E-state index contributed by atoms with van der Waals surface area (Å²) in [5.41, 5.74) is 1.77. The minimum absolute atomic E-state index is 0.0129. The number of pyridine rings is 3. The van der Waals surface area contributed by atoms with E-state index in [1.165, 1.54) is 19.4 Å². The van der Waals surface area contributed by atoms with Crippen LogP contribution in [0, 0.1) is 0 Å². The van der Waals surface area contributed by atoms with Gasteiger partial charge in [-0.15, -0.1) is 0 Å². The van der Waals surface area contributed by atoms with E-state index in [-0.39, 0.29) is 51.7 Å². The first-order valence-electron chi connectivity index (χ1n) is 16.3. The van der Waals surface area contributed by atoms with Crippen LogP contribution >= 0.6 is 23.2 Å². The molecular weight excluding hydrogens is 708 g/mol. The molecular formula is C35H35Cl2F3N8O3. The Morgan fingerprint density at radius 2 is 1.51 bits per heavy atom. The van der Waals surface area contributed by atoms with Crippen molar-refractivity contribution < 1.29 is 27.5 Å². The molecule has 3 aromatic heterocycles. The molecule has 6 rings (SSSR count). The fraction of sp³-hybridized carbons (Fsp3) is 0.343. The van der Waals surface area contributed by atoms with E-state index in [9.17, 15) is 22.8 Å². The number of halogens is 5. The van der Waals surface area contributed by atoms with Crippen LogP contribution in [0.3, 0.4) is 0 Å². The Morgan fingerprint density at radius 1 is 0.843 bits per heavy atom. The van der Waals surface area contributed by atoms with Gasteiger partial charge in [0.2, 0.25) is 17.7 Å². The quantitative estimate of drug-likeness (QED) is 0.111. The first-order chi connectivity index (χ1) is 24.5. The number of hydrogen-bond donors (Lipinski definition) is 5. The molecule has 1 aromatic carbocycles. The third-order valence-electron chi connectivity index (χ3n) is 8.71. The maximum Gasteiger partial charge on any atom is 0.420 e. The summed E-state index contributed by atoms with van der Waals surface area (Å²) < 4.78 is 48.9. The molecule has 2 saturated heterocycles. The summed E-state index contributed by atoms with van der Waals surface area (Å²) >= 11 is 13.7. The fourth-order valence-corrected chi connectivity index (χ4v) is 6.76. The van der Waals surface area contributed by atoms with Gasteiger partial charge in [0, 0.05) is 80.2 Å². The lowest BCUT2D eigenvalue weighted by Crippen LogP contribution is -2.35. The average molecular weight is 744 g/mol. The SMILES string of the molecule is COc1nc(-c2ccnc(-c3cccc(Nc4nccc(CNCC5CCC(=O)N5)c4C(F)(F)F)c3Cl)c2Cl)ccc1CNCC1CCC(=O)N1. The monoisotopic (exact) mass is 742 g/mol. The van der Waals surface area contributed by atoms with E-state index in [4.69, 9.17) is 27.9 Å². The standard InChI is InChI=1S/C35H35Cl2F3N8O3/c1-51-34-20(16-42-18-22-7-10-28(50)46-22)5-8-25(48-34)23-12-14-43-32(31(23)37)24-3-2-4-26(30(24)36)47-33-29(35(38,39)40)19(11-13-44-33)15-41-17-21-6-9-27(49)45-21/h2-5,8,11-14,21-22,41-42H,6-7,9-10,15-18H2,1H3,(H,44,47)(H,45,49)(H,46,50). The van der Waals surface area contributed by atoms with E-state index >= 15 is 0 Å². The van der Waals surface area contributed by atoms with Gasteiger partial charge in [-0.1, -0.05) is 41.4 Å². The van der Waals surface area contributed by atoms with Crippen LogP contribution in [-0.4, -0.2) is 59.0 Å². The molecule has 268 valence electrons. The van der Waals surface area contributed by atoms with Gasteiger partial charge >= 0.3 is 6.18 Å². The first kappa shape index (κ1) is 36.3. The molecule has 2 aliphatic rings. The lowest BCUT2D eigenvalue weighted by Gasteiger charge is -2.20. The van der Waals surface area contributed by atoms with Gasteiger partial charge in [0.25, 0.3) is 0 Å². The van der Waals surface area contributed by atoms with E-state index in [1.54, 1.807) is 36.5 Å². The van der Waals surface area contributed by atoms with Crippen molar-refractivity contribution in [2.24, 2.45) is 0 Å². The summed E-state index contributed by atoms with van der Waals surface area (Å²) in [7, 11) is 1.52. The highest BCUT2D eigenvalue weighted by atomic mass is 35.5. The predicted molar refractivity (Wildman–Crippen MR) is 188 cm³/mol. The Kier molecular flexibility index (Phi) is 11.2. The number of benzene rings is 1. The summed E-state index contributed by atoms with van der Waals surface area (Å²) in [5.74, 6) is -0.0377. The van der Waals surface area contributed by atoms with Crippen molar-refractivity contribution in [3.63, 3.8) is 0 Å². The number of nitrogens with one attached hydrogen (secondary N) is 5. The Balaban J connectivity index is 1.22. The molecule has 0 spiro atoms. The highest BCUT2D eigenvalue weighted by molar-refractivity contribution is 6.39. The van der Waals surface area contributed by atoms with E-state index in [0.717, 1.165) is 12.0 Å². The topological polar surface area (TPSA) is 142 Å². The van der Waals surface area contributed by atoms with Crippen LogP contribution in [-0.2, 0) is 28.9 Å². The zero-order chi connectivity index (χ0) is 36.1. The van der Waals surface area contributed by atoms with Crippen molar-refractivity contribution in [2.75, 3.05) is 25.5 Å². The minimum atomic E-state index is -4.73. The van der Waals surface area contributed by atoms with E-state index < -0.39 is 17.6 Å². The molecule has 4 aromatic rings. The van der Waals surface area contributed by atoms with Crippen molar-refractivity contribution in [2.45, 2.75) is 57.0 Å². The third-order valence-corrected chi connectivity index (χ3v) is 9.50. The molecule has 11 nitrogen and oxygen atoms in total. The lowest BCUT2D eigenvalue weighted by molar-refractivity contribution is -0.137. The van der Waals surface area contributed by atoms with Gasteiger partial charge in [0.15, 0.2) is 0 Å². The van der Waals surface area contributed by atoms with Gasteiger partial charge in [-0.25, -0.2) is 9.97 Å². The Morgan fingerprint density at radius 3 is 2.14 bits per heavy atom. The van der Waals surface area contributed by atoms with Crippen molar-refractivity contribution in [3.8, 4) is 28.4 Å². The number of ether oxygens (including phenoxy) is 1. The second-order valence-corrected chi connectivity index (χ2v) is 13.0. The van der Waals surface area contributed by atoms with Gasteiger partial charge in [-0.2, -0.15) is 13.2 Å². The van der Waals surface area contributed by atoms with Gasteiger partial charge in [0.1, 0.15) is 11.4 Å². The number of hydrogen-bond acceptors (Lipinski definition) is 9. The molecule has 2 unspecified atom stereocenters. The largest absolute Gasteiger partial charge is 0.481 e. The predicted octanol–water partition coefficient (Wildman–Crippen LogP) is 6.02. The average Bonchev–Trinajstić information content (AvgIpc) is 3.72. The zero-order valence-electron chi connectivity index (χ0n) is 27.5. The van der Waals surface area contributed by atoms with E-state index in [1.807, 2.05) is 6.07 Å². The number of carbonyl (C=O) groups excluding carboxylic acids is 2. The number of amides is 2. The van der Waals surface area contributed by atoms with Crippen LogP contribution in [0.2, 0.25) is 10.0 Å². The van der Waals surface area contributed by atoms with Crippen molar-refractivity contribution >= 4 is 46.5 Å². The normalized spacial score (nSPS) is 17.4. The smallest absolute Gasteiger partial charge is 0.420 e. The highest BCUT2D eigenvalue weighted by Crippen LogP contribution is 2.42. The van der Waals surface area contributed by atoms with Crippen molar-refractivity contribution in [1.29, 1.82) is 0 Å². The zero-order valence-corrected chi connectivity index (χ0v) is 29.0. The van der Waals surface area contributed by atoms with E-state index in [2.05, 4.69) is 41.5 Å². The van der Waals surface area contributed by atoms with Gasteiger partial charge in [0.05, 0.1) is 34.2 Å². The minimum Gasteiger partial charge on any atom is -0.481 e. The van der Waals surface area contributed by atoms with Crippen LogP contribution in [0.15, 0.2) is 54.9 Å². The molecule has 0 bridgehead atoms. The second kappa shape index (κ2) is 15.8. The first-order valence-corrected chi connectivity index (χ1v) is 17.1. The lowest BCUT2D eigenvalue weighted by atomic mass is 10.0. The highest BCUT2D eigenvalue weighted by Gasteiger charge is 2.37. The Hall–Kier alpha value is -4.50. The van der Waals surface area contributed by atoms with Crippen molar-refractivity contribution in [3.05, 3.63) is 81.6 Å². The molecule has 0 radical (unpaired) electrons. The van der Waals surface area contributed by atoms with Crippen LogP contribution in [0.25, 0.3) is 22.5 Å². The number of aromatic nitrogens is 3. The second-order valence-electron chi connectivity index (χ2n) is 12.2. The van der Waals surface area contributed by atoms with Crippen LogP contribution in [0.4, 0.5) is 24.7 Å². The number of alkyl halides is 3. The molecule has 5 N–H and O–H groups in total. The fourth-order valence-electron chi connectivity index (χ4n) is 6.18. The summed E-state index contributed by atoms with van der Waals surface area (Å²) in [6.07, 6.45) is 0.441. The van der Waals surface area contributed by atoms with Crippen LogP contribution in [0.5, 0.6) is 5.88 Å². The number of carbonyl (C=O) groups is 2. The molecule has 2 amide bonds. The number of rotatable bonds is 13. The van der Waals surface area contributed by atoms with Crippen LogP contribution in [0.1, 0.15) is 42.4 Å². The van der Waals surface area contributed by atoms with Gasteiger partial charge in [-0.05, 0) is 42.7 Å². The molecule has 2 aliphatic heterocycles. The Bertz CT molecular complexity index is 1930. The molecule has 2 fully saturated rings.